The molecule has 8 nitrogen and oxygen atoms in total. The third kappa shape index (κ3) is 3.28. The molecule has 0 atom stereocenters. The minimum absolute atomic E-state index is 0.122. The molecule has 1 aromatic rings. The van der Waals surface area contributed by atoms with Gasteiger partial charge in [0.15, 0.2) is 0 Å². The van der Waals surface area contributed by atoms with Crippen molar-refractivity contribution in [1.82, 2.24) is 0 Å². The Morgan fingerprint density at radius 3 is 2.33 bits per heavy atom. The average molecular weight is 359 g/mol. The standard InChI is InChI=1S/C14H18FN3O5S/c1-4-23-14(20)6-5-13(19)16-10-8-12-11(7-9(10)15)17(2)24(21,22)18(12)3/h7-8H,4-6H2,1-3H3,(H,16,19). The summed E-state index contributed by atoms with van der Waals surface area (Å²) in [5.74, 6) is -1.86. The fraction of sp³-hybridized carbons (Fsp3) is 0.429. The average Bonchev–Trinajstić information content (AvgIpc) is 2.67. The molecule has 1 amide bonds. The van der Waals surface area contributed by atoms with Gasteiger partial charge in [-0.1, -0.05) is 0 Å². The lowest BCUT2D eigenvalue weighted by Gasteiger charge is -2.13. The van der Waals surface area contributed by atoms with Gasteiger partial charge < -0.3 is 10.1 Å². The second-order valence-corrected chi connectivity index (χ2v) is 7.11. The molecule has 0 aromatic heterocycles. The first kappa shape index (κ1) is 18.0. The molecule has 0 radical (unpaired) electrons. The molecule has 0 spiro atoms. The largest absolute Gasteiger partial charge is 0.466 e. The van der Waals surface area contributed by atoms with Crippen molar-refractivity contribution in [2.24, 2.45) is 0 Å². The number of hydrogen-bond acceptors (Lipinski definition) is 5. The third-order valence-electron chi connectivity index (χ3n) is 3.57. The Hall–Kier alpha value is -2.36. The monoisotopic (exact) mass is 359 g/mol. The van der Waals surface area contributed by atoms with Gasteiger partial charge in [-0.25, -0.2) is 4.39 Å². The molecule has 1 aliphatic rings. The second kappa shape index (κ2) is 6.63. The van der Waals surface area contributed by atoms with E-state index in [1.54, 1.807) is 6.92 Å². The normalized spacial score (nSPS) is 15.2. The number of anilines is 3. The fourth-order valence-electron chi connectivity index (χ4n) is 2.25. The van der Waals surface area contributed by atoms with Crippen molar-refractivity contribution in [1.29, 1.82) is 0 Å². The van der Waals surface area contributed by atoms with Crippen LogP contribution in [-0.4, -0.2) is 41.0 Å². The van der Waals surface area contributed by atoms with Crippen molar-refractivity contribution < 1.29 is 27.1 Å². The summed E-state index contributed by atoms with van der Waals surface area (Å²) in [7, 11) is -1.08. The molecule has 2 rings (SSSR count). The molecule has 0 unspecified atom stereocenters. The van der Waals surface area contributed by atoms with E-state index in [4.69, 9.17) is 4.74 Å². The van der Waals surface area contributed by atoms with Gasteiger partial charge in [-0.15, -0.1) is 0 Å². The minimum Gasteiger partial charge on any atom is -0.466 e. The van der Waals surface area contributed by atoms with Crippen molar-refractivity contribution in [3.05, 3.63) is 17.9 Å². The Morgan fingerprint density at radius 2 is 1.75 bits per heavy atom. The van der Waals surface area contributed by atoms with Gasteiger partial charge in [-0.05, 0) is 13.0 Å². The highest BCUT2D eigenvalue weighted by atomic mass is 32.2. The Kier molecular flexibility index (Phi) is 4.97. The van der Waals surface area contributed by atoms with Crippen molar-refractivity contribution >= 4 is 39.1 Å². The molecule has 1 aromatic carbocycles. The molecule has 132 valence electrons. The number of ether oxygens (including phenoxy) is 1. The Morgan fingerprint density at radius 1 is 1.17 bits per heavy atom. The van der Waals surface area contributed by atoms with Gasteiger partial charge >= 0.3 is 16.2 Å². The SMILES string of the molecule is CCOC(=O)CCC(=O)Nc1cc2c(cc1F)N(C)S(=O)(=O)N2C. The van der Waals surface area contributed by atoms with Gasteiger partial charge in [0.05, 0.1) is 30.1 Å². The highest BCUT2D eigenvalue weighted by Crippen LogP contribution is 2.41. The van der Waals surface area contributed by atoms with E-state index in [9.17, 15) is 22.4 Å². The van der Waals surface area contributed by atoms with Crippen LogP contribution in [0.25, 0.3) is 0 Å². The first-order valence-electron chi connectivity index (χ1n) is 7.20. The number of carbonyl (C=O) groups is 2. The zero-order chi connectivity index (χ0) is 18.1. The Balaban J connectivity index is 2.15. The van der Waals surface area contributed by atoms with Crippen LogP contribution in [0.5, 0.6) is 0 Å². The van der Waals surface area contributed by atoms with Gasteiger partial charge in [0.2, 0.25) is 5.91 Å². The van der Waals surface area contributed by atoms with Crippen molar-refractivity contribution in [2.75, 3.05) is 34.6 Å². The summed E-state index contributed by atoms with van der Waals surface area (Å²) < 4.78 is 44.8. The van der Waals surface area contributed by atoms with Crippen LogP contribution >= 0.6 is 0 Å². The summed E-state index contributed by atoms with van der Waals surface area (Å²) in [5, 5.41) is 2.34. The van der Waals surface area contributed by atoms with E-state index >= 15 is 0 Å². The van der Waals surface area contributed by atoms with Crippen molar-refractivity contribution in [2.45, 2.75) is 19.8 Å². The molecule has 10 heteroatoms. The summed E-state index contributed by atoms with van der Waals surface area (Å²) >= 11 is 0. The quantitative estimate of drug-likeness (QED) is 0.798. The van der Waals surface area contributed by atoms with E-state index in [2.05, 4.69) is 5.32 Å². The maximum atomic E-state index is 14.1. The zero-order valence-electron chi connectivity index (χ0n) is 13.5. The maximum Gasteiger partial charge on any atom is 0.326 e. The van der Waals surface area contributed by atoms with E-state index in [0.717, 1.165) is 14.7 Å². The summed E-state index contributed by atoms with van der Waals surface area (Å²) in [5.41, 5.74) is 0.277. The molecule has 1 N–H and O–H groups in total. The number of esters is 1. The van der Waals surface area contributed by atoms with Crippen LogP contribution in [0.4, 0.5) is 21.5 Å². The topological polar surface area (TPSA) is 96.0 Å². The molecular weight excluding hydrogens is 341 g/mol. The van der Waals surface area contributed by atoms with Crippen molar-refractivity contribution in [3.8, 4) is 0 Å². The Labute approximate surface area is 139 Å². The lowest BCUT2D eigenvalue weighted by molar-refractivity contribution is -0.144. The van der Waals surface area contributed by atoms with Gasteiger partial charge in [-0.3, -0.25) is 18.2 Å². The lowest BCUT2D eigenvalue weighted by atomic mass is 10.2. The fourth-order valence-corrected chi connectivity index (χ4v) is 3.40. The molecule has 24 heavy (non-hydrogen) atoms. The molecule has 1 heterocycles. The number of fused-ring (bicyclic) bond motifs is 1. The highest BCUT2D eigenvalue weighted by Gasteiger charge is 2.36. The number of hydrogen-bond donors (Lipinski definition) is 1. The first-order chi connectivity index (χ1) is 11.2. The maximum absolute atomic E-state index is 14.1. The summed E-state index contributed by atoms with van der Waals surface area (Å²) in [6.07, 6.45) is -0.285. The van der Waals surface area contributed by atoms with Crippen LogP contribution in [0.2, 0.25) is 0 Å². The second-order valence-electron chi connectivity index (χ2n) is 5.12. The van der Waals surface area contributed by atoms with Crippen LogP contribution in [0.1, 0.15) is 19.8 Å². The predicted octanol–water partition coefficient (Wildman–Crippen LogP) is 1.24. The number of rotatable bonds is 5. The predicted molar refractivity (Wildman–Crippen MR) is 86.6 cm³/mol. The molecule has 0 fully saturated rings. The summed E-state index contributed by atoms with van der Waals surface area (Å²) in [6.45, 7) is 1.87. The van der Waals surface area contributed by atoms with Crippen LogP contribution in [0.15, 0.2) is 12.1 Å². The Bertz CT molecular complexity index is 781. The van der Waals surface area contributed by atoms with E-state index in [-0.39, 0.29) is 36.5 Å². The number of nitrogens with one attached hydrogen (secondary N) is 1. The van der Waals surface area contributed by atoms with Gasteiger partial charge in [-0.2, -0.15) is 8.42 Å². The van der Waals surface area contributed by atoms with E-state index in [1.807, 2.05) is 0 Å². The van der Waals surface area contributed by atoms with Crippen LogP contribution < -0.4 is 13.9 Å². The molecule has 1 aliphatic heterocycles. The van der Waals surface area contributed by atoms with E-state index in [1.165, 1.54) is 20.2 Å². The molecule has 0 saturated heterocycles. The van der Waals surface area contributed by atoms with Crippen molar-refractivity contribution in [3.63, 3.8) is 0 Å². The summed E-state index contributed by atoms with van der Waals surface area (Å²) in [6, 6.07) is 2.28. The molecule has 0 aliphatic carbocycles. The smallest absolute Gasteiger partial charge is 0.326 e. The summed E-state index contributed by atoms with van der Waals surface area (Å²) in [4.78, 5) is 23.0. The van der Waals surface area contributed by atoms with Gasteiger partial charge in [0, 0.05) is 26.6 Å². The van der Waals surface area contributed by atoms with Crippen LogP contribution in [0, 0.1) is 5.82 Å². The highest BCUT2D eigenvalue weighted by molar-refractivity contribution is 7.94. The van der Waals surface area contributed by atoms with Crippen LogP contribution in [-0.2, 0) is 24.5 Å². The molecule has 0 bridgehead atoms. The molecular formula is C14H18FN3O5S. The van der Waals surface area contributed by atoms with Gasteiger partial charge in [0.25, 0.3) is 0 Å². The molecule has 0 saturated carbocycles. The van der Waals surface area contributed by atoms with E-state index in [0.29, 0.717) is 0 Å². The zero-order valence-corrected chi connectivity index (χ0v) is 14.3. The number of halogens is 1. The number of nitrogens with zero attached hydrogens (tertiary/aromatic N) is 2. The first-order valence-corrected chi connectivity index (χ1v) is 8.60. The number of benzene rings is 1. The number of carbonyl (C=O) groups excluding carboxylic acids is 2. The minimum atomic E-state index is -3.73. The lowest BCUT2D eigenvalue weighted by Crippen LogP contribution is -2.32. The number of amides is 1. The van der Waals surface area contributed by atoms with Crippen LogP contribution in [0.3, 0.4) is 0 Å². The van der Waals surface area contributed by atoms with Gasteiger partial charge in [0.1, 0.15) is 5.82 Å². The third-order valence-corrected chi connectivity index (χ3v) is 5.35. The van der Waals surface area contributed by atoms with E-state index < -0.39 is 27.9 Å².